The fraction of sp³-hybridized carbons (Fsp3) is 0.235. The number of nitrogens with zero attached hydrogens (tertiary/aromatic N) is 1. The van der Waals surface area contributed by atoms with Gasteiger partial charge in [-0.1, -0.05) is 70.6 Å². The summed E-state index contributed by atoms with van der Waals surface area (Å²) in [6.45, 7) is 0.849. The van der Waals surface area contributed by atoms with Crippen molar-refractivity contribution in [2.75, 3.05) is 7.05 Å². The minimum Gasteiger partial charge on any atom is -0.393 e. The van der Waals surface area contributed by atoms with E-state index in [1.807, 2.05) is 12.1 Å². The zero-order valence-electron chi connectivity index (χ0n) is 12.0. The highest BCUT2D eigenvalue weighted by molar-refractivity contribution is 9.10. The largest absolute Gasteiger partial charge is 0.393 e. The Bertz CT molecular complexity index is 601. The number of rotatable bonds is 6. The van der Waals surface area contributed by atoms with Crippen LogP contribution in [-0.2, 0) is 6.54 Å². The Morgan fingerprint density at radius 1 is 1.19 bits per heavy atom. The highest BCUT2D eigenvalue weighted by Gasteiger charge is 2.18. The lowest BCUT2D eigenvalue weighted by Crippen LogP contribution is -2.28. The Morgan fingerprint density at radius 3 is 2.52 bits per heavy atom. The van der Waals surface area contributed by atoms with Gasteiger partial charge in [-0.25, -0.2) is 0 Å². The number of nitrogens with two attached hydrogens (primary N) is 1. The van der Waals surface area contributed by atoms with Gasteiger partial charge in [0.2, 0.25) is 0 Å². The monoisotopic (exact) mass is 362 g/mol. The van der Waals surface area contributed by atoms with Crippen LogP contribution in [0.1, 0.15) is 23.6 Å². The first-order chi connectivity index (χ1) is 10.1. The Hall–Kier alpha value is -1.23. The van der Waals surface area contributed by atoms with E-state index in [9.17, 15) is 0 Å². The molecule has 2 aromatic rings. The molecule has 4 heteroatoms. The van der Waals surface area contributed by atoms with Crippen molar-refractivity contribution in [3.8, 4) is 0 Å². The maximum Gasteiger partial charge on any atom is 0.0746 e. The second kappa shape index (κ2) is 7.69. The summed E-state index contributed by atoms with van der Waals surface area (Å²) in [5.74, 6) is 0. The summed E-state index contributed by atoms with van der Waals surface area (Å²) in [4.78, 5) is 2.83. The van der Waals surface area contributed by atoms with Crippen LogP contribution in [0.2, 0.25) is 0 Å². The zero-order chi connectivity index (χ0) is 15.2. The number of halogens is 1. The third-order valence-electron chi connectivity index (χ3n) is 3.43. The molecule has 0 aliphatic heterocycles. The summed E-state index contributed by atoms with van der Waals surface area (Å²) >= 11 is 8.64. The molecule has 2 nitrogen and oxygen atoms in total. The lowest BCUT2D eigenvalue weighted by atomic mass is 10.0. The third kappa shape index (κ3) is 4.92. The van der Waals surface area contributed by atoms with Crippen LogP contribution in [0.15, 0.2) is 59.1 Å². The Labute approximate surface area is 140 Å². The van der Waals surface area contributed by atoms with Crippen LogP contribution in [0.4, 0.5) is 0 Å². The van der Waals surface area contributed by atoms with E-state index >= 15 is 0 Å². The fourth-order valence-corrected chi connectivity index (χ4v) is 3.03. The van der Waals surface area contributed by atoms with Crippen molar-refractivity contribution in [3.63, 3.8) is 0 Å². The van der Waals surface area contributed by atoms with Crippen molar-refractivity contribution < 1.29 is 0 Å². The van der Waals surface area contributed by atoms with E-state index in [1.54, 1.807) is 0 Å². The molecule has 0 aromatic heterocycles. The first kappa shape index (κ1) is 16.1. The topological polar surface area (TPSA) is 29.3 Å². The molecular weight excluding hydrogens is 344 g/mol. The predicted molar refractivity (Wildman–Crippen MR) is 96.2 cm³/mol. The summed E-state index contributed by atoms with van der Waals surface area (Å²) in [6, 6.07) is 18.9. The van der Waals surface area contributed by atoms with E-state index in [-0.39, 0.29) is 6.04 Å². The number of thiocarbonyl (C=S) groups is 1. The van der Waals surface area contributed by atoms with Gasteiger partial charge in [0.15, 0.2) is 0 Å². The van der Waals surface area contributed by atoms with Gasteiger partial charge in [-0.2, -0.15) is 0 Å². The first-order valence-corrected chi connectivity index (χ1v) is 8.04. The summed E-state index contributed by atoms with van der Waals surface area (Å²) in [6.07, 6.45) is 0.684. The van der Waals surface area contributed by atoms with Crippen molar-refractivity contribution in [1.82, 2.24) is 4.90 Å². The molecule has 0 aliphatic rings. The maximum atomic E-state index is 5.78. The van der Waals surface area contributed by atoms with Crippen molar-refractivity contribution in [2.45, 2.75) is 19.0 Å². The van der Waals surface area contributed by atoms with E-state index in [2.05, 4.69) is 70.3 Å². The lowest BCUT2D eigenvalue weighted by Gasteiger charge is -2.28. The van der Waals surface area contributed by atoms with Crippen LogP contribution in [0, 0.1) is 0 Å². The van der Waals surface area contributed by atoms with Gasteiger partial charge in [-0.15, -0.1) is 0 Å². The first-order valence-electron chi connectivity index (χ1n) is 6.84. The maximum absolute atomic E-state index is 5.78. The van der Waals surface area contributed by atoms with Crippen LogP contribution in [0.5, 0.6) is 0 Å². The van der Waals surface area contributed by atoms with Crippen molar-refractivity contribution >= 4 is 33.1 Å². The Morgan fingerprint density at radius 2 is 1.90 bits per heavy atom. The minimum absolute atomic E-state index is 0.197. The summed E-state index contributed by atoms with van der Waals surface area (Å²) < 4.78 is 1.10. The Balaban J connectivity index is 2.18. The molecular formula is C17H19BrN2S. The molecule has 1 unspecified atom stereocenters. The molecule has 1 atom stereocenters. The molecule has 0 saturated heterocycles. The van der Waals surface area contributed by atoms with E-state index in [0.717, 1.165) is 11.0 Å². The van der Waals surface area contributed by atoms with Crippen molar-refractivity contribution in [3.05, 3.63) is 70.2 Å². The SMILES string of the molecule is CN(Cc1cccc(Br)c1)C(CC(N)=S)c1ccccc1. The third-order valence-corrected chi connectivity index (χ3v) is 4.09. The van der Waals surface area contributed by atoms with Crippen LogP contribution < -0.4 is 5.73 Å². The molecule has 0 amide bonds. The van der Waals surface area contributed by atoms with Gasteiger partial charge >= 0.3 is 0 Å². The minimum atomic E-state index is 0.197. The van der Waals surface area contributed by atoms with Crippen molar-refractivity contribution in [1.29, 1.82) is 0 Å². The van der Waals surface area contributed by atoms with E-state index in [1.165, 1.54) is 11.1 Å². The molecule has 0 spiro atoms. The molecule has 0 radical (unpaired) electrons. The summed E-state index contributed by atoms with van der Waals surface area (Å²) in [5.41, 5.74) is 8.28. The normalized spacial score (nSPS) is 12.3. The van der Waals surface area contributed by atoms with E-state index in [0.29, 0.717) is 11.4 Å². The highest BCUT2D eigenvalue weighted by atomic mass is 79.9. The number of hydrogen-bond acceptors (Lipinski definition) is 2. The van der Waals surface area contributed by atoms with Crippen LogP contribution >= 0.6 is 28.1 Å². The van der Waals surface area contributed by atoms with Crippen LogP contribution in [0.3, 0.4) is 0 Å². The van der Waals surface area contributed by atoms with Gasteiger partial charge in [0.05, 0.1) is 4.99 Å². The van der Waals surface area contributed by atoms with Gasteiger partial charge < -0.3 is 5.73 Å². The molecule has 110 valence electrons. The zero-order valence-corrected chi connectivity index (χ0v) is 14.4. The smallest absolute Gasteiger partial charge is 0.0746 e. The molecule has 2 aromatic carbocycles. The van der Waals surface area contributed by atoms with E-state index in [4.69, 9.17) is 18.0 Å². The molecule has 0 aliphatic carbocycles. The average molecular weight is 363 g/mol. The Kier molecular flexibility index (Phi) is 5.91. The fourth-order valence-electron chi connectivity index (χ4n) is 2.43. The number of hydrogen-bond donors (Lipinski definition) is 1. The molecule has 0 heterocycles. The van der Waals surface area contributed by atoms with Crippen molar-refractivity contribution in [2.24, 2.45) is 5.73 Å². The quantitative estimate of drug-likeness (QED) is 0.776. The molecule has 2 rings (SSSR count). The lowest BCUT2D eigenvalue weighted by molar-refractivity contribution is 0.242. The summed E-state index contributed by atoms with van der Waals surface area (Å²) in [7, 11) is 2.11. The molecule has 2 N–H and O–H groups in total. The molecule has 0 fully saturated rings. The predicted octanol–water partition coefficient (Wildman–Crippen LogP) is 4.30. The van der Waals surface area contributed by atoms with Gasteiger partial charge in [-0.3, -0.25) is 4.90 Å². The molecule has 21 heavy (non-hydrogen) atoms. The van der Waals surface area contributed by atoms with Crippen LogP contribution in [0.25, 0.3) is 0 Å². The van der Waals surface area contributed by atoms with Gasteiger partial charge in [0.1, 0.15) is 0 Å². The number of benzene rings is 2. The van der Waals surface area contributed by atoms with Crippen LogP contribution in [-0.4, -0.2) is 16.9 Å². The van der Waals surface area contributed by atoms with Gasteiger partial charge in [0, 0.05) is 23.5 Å². The second-order valence-corrected chi connectivity index (χ2v) is 6.58. The van der Waals surface area contributed by atoms with Gasteiger partial charge in [-0.05, 0) is 30.3 Å². The molecule has 0 saturated carbocycles. The standard InChI is InChI=1S/C17H19BrN2S/c1-20(12-13-6-5-9-15(18)10-13)16(11-17(19)21)14-7-3-2-4-8-14/h2-10,16H,11-12H2,1H3,(H2,19,21). The van der Waals surface area contributed by atoms with E-state index < -0.39 is 0 Å². The second-order valence-electron chi connectivity index (χ2n) is 5.14. The highest BCUT2D eigenvalue weighted by Crippen LogP contribution is 2.25. The average Bonchev–Trinajstić information content (AvgIpc) is 2.45. The van der Waals surface area contributed by atoms with Gasteiger partial charge in [0.25, 0.3) is 0 Å². The summed E-state index contributed by atoms with van der Waals surface area (Å²) in [5, 5.41) is 0. The molecule has 0 bridgehead atoms.